The molecule has 126 valence electrons. The van der Waals surface area contributed by atoms with E-state index >= 15 is 0 Å². The smallest absolute Gasteiger partial charge is 0.192 e. The number of nitrogens with zero attached hydrogens (tertiary/aromatic N) is 1. The minimum atomic E-state index is 0. The fourth-order valence-corrected chi connectivity index (χ4v) is 1.93. The molecule has 0 bridgehead atoms. The molecule has 3 rings (SSSR count). The minimum absolute atomic E-state index is 0. The molecule has 0 fully saturated rings. The molecule has 0 aliphatic rings. The van der Waals surface area contributed by atoms with E-state index < -0.39 is 0 Å². The molecule has 3 aromatic rings. The molecule has 0 saturated carbocycles. The SMILES string of the molecule is Cc1cc[c-]cc1.Cc1cc[c-]cc1.Cc1cccc(C)c1C#N.[W+2]. The molecule has 0 aromatic heterocycles. The van der Waals surface area contributed by atoms with Gasteiger partial charge < -0.3 is 0 Å². The van der Waals surface area contributed by atoms with Crippen molar-refractivity contribution in [2.24, 2.45) is 0 Å². The standard InChI is InChI=1S/C9H9N.2C7H7.W/c1-7-4-3-5-8(2)9(7)6-10;2*1-7-5-3-2-4-6-7;/h3-5H,1-2H3;2*3-6H,1H3;/q;2*-1;+2. The zero-order chi connectivity index (χ0) is 17.8. The van der Waals surface area contributed by atoms with Crippen LogP contribution in [0, 0.1) is 51.2 Å². The Bertz CT molecular complexity index is 701. The Hall–Kier alpha value is -2.16. The largest absolute Gasteiger partial charge is 2.00 e. The first-order valence-corrected chi connectivity index (χ1v) is 7.86. The summed E-state index contributed by atoms with van der Waals surface area (Å²) in [5.41, 5.74) is 5.50. The summed E-state index contributed by atoms with van der Waals surface area (Å²) < 4.78 is 0. The van der Waals surface area contributed by atoms with Crippen molar-refractivity contribution < 1.29 is 21.1 Å². The van der Waals surface area contributed by atoms with E-state index in [1.807, 2.05) is 80.6 Å². The minimum Gasteiger partial charge on any atom is -0.192 e. The molecule has 0 heterocycles. The van der Waals surface area contributed by atoms with Gasteiger partial charge >= 0.3 is 21.1 Å². The van der Waals surface area contributed by atoms with Gasteiger partial charge in [0, 0.05) is 0 Å². The van der Waals surface area contributed by atoms with Crippen molar-refractivity contribution in [3.8, 4) is 6.07 Å². The fourth-order valence-electron chi connectivity index (χ4n) is 1.93. The summed E-state index contributed by atoms with van der Waals surface area (Å²) >= 11 is 0. The summed E-state index contributed by atoms with van der Waals surface area (Å²) in [7, 11) is 0. The molecule has 0 aliphatic heterocycles. The predicted octanol–water partition coefficient (Wildman–Crippen LogP) is 5.76. The molecular formula is C23H23NW. The summed E-state index contributed by atoms with van der Waals surface area (Å²) in [6, 6.07) is 29.7. The topological polar surface area (TPSA) is 23.8 Å². The third-order valence-electron chi connectivity index (χ3n) is 3.36. The van der Waals surface area contributed by atoms with Crippen LogP contribution in [0.4, 0.5) is 0 Å². The molecule has 25 heavy (non-hydrogen) atoms. The molecule has 2 heteroatoms. The van der Waals surface area contributed by atoms with Crippen LogP contribution < -0.4 is 0 Å². The van der Waals surface area contributed by atoms with Gasteiger partial charge in [0.25, 0.3) is 0 Å². The van der Waals surface area contributed by atoms with Gasteiger partial charge in [0.15, 0.2) is 0 Å². The average molecular weight is 497 g/mol. The molecule has 0 radical (unpaired) electrons. The van der Waals surface area contributed by atoms with Gasteiger partial charge in [0.1, 0.15) is 0 Å². The van der Waals surface area contributed by atoms with Crippen LogP contribution in [-0.2, 0) is 21.1 Å². The predicted molar refractivity (Wildman–Crippen MR) is 101 cm³/mol. The van der Waals surface area contributed by atoms with Gasteiger partial charge in [-0.2, -0.15) is 77.1 Å². The van der Waals surface area contributed by atoms with Crippen molar-refractivity contribution in [3.63, 3.8) is 0 Å². The molecule has 0 atom stereocenters. The second-order valence-electron chi connectivity index (χ2n) is 5.53. The number of benzene rings is 3. The summed E-state index contributed by atoms with van der Waals surface area (Å²) in [4.78, 5) is 0. The first-order chi connectivity index (χ1) is 11.5. The van der Waals surface area contributed by atoms with Crippen molar-refractivity contribution in [1.29, 1.82) is 5.26 Å². The average Bonchev–Trinajstić information content (AvgIpc) is 2.58. The molecular weight excluding hydrogens is 474 g/mol. The number of rotatable bonds is 0. The van der Waals surface area contributed by atoms with Gasteiger partial charge in [-0.1, -0.05) is 32.0 Å². The van der Waals surface area contributed by atoms with E-state index in [1.54, 1.807) is 0 Å². The molecule has 0 spiro atoms. The molecule has 0 aliphatic carbocycles. The quantitative estimate of drug-likeness (QED) is 0.363. The second kappa shape index (κ2) is 13.2. The van der Waals surface area contributed by atoms with Crippen molar-refractivity contribution >= 4 is 0 Å². The number of aryl methyl sites for hydroxylation is 4. The Kier molecular flexibility index (Phi) is 12.0. The monoisotopic (exact) mass is 497 g/mol. The molecule has 0 amide bonds. The van der Waals surface area contributed by atoms with Gasteiger partial charge in [-0.15, -0.1) is 0 Å². The number of hydrogen-bond donors (Lipinski definition) is 0. The van der Waals surface area contributed by atoms with Crippen LogP contribution in [-0.4, -0.2) is 0 Å². The van der Waals surface area contributed by atoms with Crippen molar-refractivity contribution in [2.45, 2.75) is 27.7 Å². The Balaban J connectivity index is 0.000000347. The Morgan fingerprint density at radius 2 is 1.04 bits per heavy atom. The summed E-state index contributed by atoms with van der Waals surface area (Å²) in [5, 5.41) is 8.65. The van der Waals surface area contributed by atoms with Gasteiger partial charge in [-0.25, -0.2) is 0 Å². The Morgan fingerprint density at radius 3 is 1.24 bits per heavy atom. The fraction of sp³-hybridized carbons (Fsp3) is 0.174. The first kappa shape index (κ1) is 22.8. The van der Waals surface area contributed by atoms with E-state index in [-0.39, 0.29) is 21.1 Å². The van der Waals surface area contributed by atoms with Crippen LogP contribution in [0.5, 0.6) is 0 Å². The number of hydrogen-bond acceptors (Lipinski definition) is 1. The van der Waals surface area contributed by atoms with Crippen LogP contribution in [0.3, 0.4) is 0 Å². The van der Waals surface area contributed by atoms with Gasteiger partial charge in [-0.05, 0) is 25.0 Å². The van der Waals surface area contributed by atoms with Crippen molar-refractivity contribution in [1.82, 2.24) is 0 Å². The van der Waals surface area contributed by atoms with Crippen LogP contribution in [0.15, 0.2) is 66.7 Å². The van der Waals surface area contributed by atoms with Crippen molar-refractivity contribution in [2.75, 3.05) is 0 Å². The number of nitriles is 1. The normalized spacial score (nSPS) is 8.44. The zero-order valence-corrected chi connectivity index (χ0v) is 18.1. The summed E-state index contributed by atoms with van der Waals surface area (Å²) in [6.07, 6.45) is 0. The van der Waals surface area contributed by atoms with E-state index in [2.05, 4.69) is 32.0 Å². The van der Waals surface area contributed by atoms with Crippen LogP contribution in [0.1, 0.15) is 27.8 Å². The van der Waals surface area contributed by atoms with Gasteiger partial charge in [0.2, 0.25) is 0 Å². The third kappa shape index (κ3) is 9.65. The maximum Gasteiger partial charge on any atom is 2.00 e. The Morgan fingerprint density at radius 1 is 0.680 bits per heavy atom. The van der Waals surface area contributed by atoms with Gasteiger partial charge in [-0.3, -0.25) is 0 Å². The third-order valence-corrected chi connectivity index (χ3v) is 3.36. The molecule has 0 unspecified atom stereocenters. The van der Waals surface area contributed by atoms with E-state index in [1.165, 1.54) is 11.1 Å². The summed E-state index contributed by atoms with van der Waals surface area (Å²) in [6.45, 7) is 8.03. The van der Waals surface area contributed by atoms with Crippen LogP contribution >= 0.6 is 0 Å². The van der Waals surface area contributed by atoms with Gasteiger partial charge in [0.05, 0.1) is 11.6 Å². The van der Waals surface area contributed by atoms with E-state index in [4.69, 9.17) is 5.26 Å². The second-order valence-corrected chi connectivity index (χ2v) is 5.53. The molecule has 1 nitrogen and oxygen atoms in total. The van der Waals surface area contributed by atoms with Crippen LogP contribution in [0.25, 0.3) is 0 Å². The first-order valence-electron chi connectivity index (χ1n) is 7.86. The molecule has 0 saturated heterocycles. The zero-order valence-electron chi connectivity index (χ0n) is 15.2. The maximum atomic E-state index is 8.65. The van der Waals surface area contributed by atoms with E-state index in [0.29, 0.717) is 0 Å². The van der Waals surface area contributed by atoms with Crippen molar-refractivity contribution in [3.05, 3.63) is 107 Å². The van der Waals surface area contributed by atoms with E-state index in [0.717, 1.165) is 16.7 Å². The maximum absolute atomic E-state index is 8.65. The Labute approximate surface area is 166 Å². The van der Waals surface area contributed by atoms with E-state index in [9.17, 15) is 0 Å². The molecule has 0 N–H and O–H groups in total. The molecule has 3 aromatic carbocycles. The van der Waals surface area contributed by atoms with Crippen LogP contribution in [0.2, 0.25) is 0 Å². The summed E-state index contributed by atoms with van der Waals surface area (Å²) in [5.74, 6) is 0.